The van der Waals surface area contributed by atoms with E-state index in [0.717, 1.165) is 17.0 Å². The van der Waals surface area contributed by atoms with Crippen LogP contribution >= 0.6 is 0 Å². The zero-order valence-corrected chi connectivity index (χ0v) is 21.8. The van der Waals surface area contributed by atoms with E-state index in [0.29, 0.717) is 0 Å². The maximum Gasteiger partial charge on any atom is 0.0722 e. The molecule has 0 spiro atoms. The van der Waals surface area contributed by atoms with E-state index in [4.69, 9.17) is 4.98 Å². The number of rotatable bonds is 4. The van der Waals surface area contributed by atoms with Gasteiger partial charge in [-0.25, -0.2) is 4.98 Å². The molecule has 0 saturated heterocycles. The number of aryl methyl sites for hydroxylation is 1. The standard InChI is InChI=1S/C38H27N/c1-26-18-20-27(21-19-26)28-22-24-30(25-23-28)37-31-12-5-7-14-33(31)38(34-15-8-6-13-32(34)37)36-17-9-16-35(39-36)29-10-3-2-4-11-29/h2-25H,1H3. The molecule has 184 valence electrons. The van der Waals surface area contributed by atoms with Crippen LogP contribution in [-0.2, 0) is 0 Å². The van der Waals surface area contributed by atoms with Crippen LogP contribution in [0.3, 0.4) is 0 Å². The van der Waals surface area contributed by atoms with Gasteiger partial charge in [0.15, 0.2) is 0 Å². The van der Waals surface area contributed by atoms with Gasteiger partial charge >= 0.3 is 0 Å². The fraction of sp³-hybridized carbons (Fsp3) is 0.0263. The third-order valence-electron chi connectivity index (χ3n) is 7.56. The molecule has 1 aromatic heterocycles. The highest BCUT2D eigenvalue weighted by Crippen LogP contribution is 2.43. The van der Waals surface area contributed by atoms with Crippen molar-refractivity contribution < 1.29 is 0 Å². The lowest BCUT2D eigenvalue weighted by molar-refractivity contribution is 1.33. The average molecular weight is 498 g/mol. The minimum Gasteiger partial charge on any atom is -0.248 e. The van der Waals surface area contributed by atoms with Gasteiger partial charge in [0.05, 0.1) is 11.4 Å². The summed E-state index contributed by atoms with van der Waals surface area (Å²) in [6.07, 6.45) is 0. The van der Waals surface area contributed by atoms with Crippen molar-refractivity contribution in [3.8, 4) is 44.8 Å². The largest absolute Gasteiger partial charge is 0.248 e. The van der Waals surface area contributed by atoms with Crippen LogP contribution in [0.1, 0.15) is 5.56 Å². The number of benzene rings is 6. The molecular weight excluding hydrogens is 470 g/mol. The van der Waals surface area contributed by atoms with Crippen molar-refractivity contribution in [1.29, 1.82) is 0 Å². The maximum absolute atomic E-state index is 5.17. The van der Waals surface area contributed by atoms with E-state index < -0.39 is 0 Å². The van der Waals surface area contributed by atoms with Gasteiger partial charge in [0.1, 0.15) is 0 Å². The van der Waals surface area contributed by atoms with Gasteiger partial charge in [-0.1, -0.05) is 139 Å². The topological polar surface area (TPSA) is 12.9 Å². The van der Waals surface area contributed by atoms with Crippen molar-refractivity contribution >= 4 is 21.5 Å². The molecule has 0 unspecified atom stereocenters. The molecule has 0 fully saturated rings. The molecule has 1 heteroatoms. The Kier molecular flexibility index (Phi) is 5.75. The second-order valence-electron chi connectivity index (χ2n) is 10.1. The summed E-state index contributed by atoms with van der Waals surface area (Å²) in [6.45, 7) is 2.13. The van der Waals surface area contributed by atoms with E-state index in [1.165, 1.54) is 54.9 Å². The molecule has 0 radical (unpaired) electrons. The summed E-state index contributed by atoms with van der Waals surface area (Å²) < 4.78 is 0. The first-order chi connectivity index (χ1) is 19.3. The lowest BCUT2D eigenvalue weighted by Gasteiger charge is -2.18. The third-order valence-corrected chi connectivity index (χ3v) is 7.56. The Morgan fingerprint density at radius 3 is 1.38 bits per heavy atom. The monoisotopic (exact) mass is 497 g/mol. The van der Waals surface area contributed by atoms with Crippen LogP contribution in [0.4, 0.5) is 0 Å². The van der Waals surface area contributed by atoms with Crippen LogP contribution in [-0.4, -0.2) is 4.98 Å². The SMILES string of the molecule is Cc1ccc(-c2ccc(-c3c4ccccc4c(-c4cccc(-c5ccccc5)n4)c4ccccc34)cc2)cc1. The van der Waals surface area contributed by atoms with Crippen LogP contribution < -0.4 is 0 Å². The van der Waals surface area contributed by atoms with Crippen molar-refractivity contribution in [2.75, 3.05) is 0 Å². The highest BCUT2D eigenvalue weighted by molar-refractivity contribution is 6.21. The number of pyridine rings is 1. The smallest absolute Gasteiger partial charge is 0.0722 e. The minimum atomic E-state index is 0.983. The van der Waals surface area contributed by atoms with Crippen molar-refractivity contribution in [3.63, 3.8) is 0 Å². The molecule has 0 aliphatic carbocycles. The highest BCUT2D eigenvalue weighted by atomic mass is 14.7. The molecule has 0 bridgehead atoms. The number of fused-ring (bicyclic) bond motifs is 2. The van der Waals surface area contributed by atoms with Crippen molar-refractivity contribution in [2.45, 2.75) is 6.92 Å². The maximum atomic E-state index is 5.17. The quantitative estimate of drug-likeness (QED) is 0.220. The summed E-state index contributed by atoms with van der Waals surface area (Å²) in [5, 5.41) is 4.90. The molecule has 0 N–H and O–H groups in total. The first-order valence-electron chi connectivity index (χ1n) is 13.4. The van der Waals surface area contributed by atoms with Gasteiger partial charge in [0.25, 0.3) is 0 Å². The Bertz CT molecular complexity index is 1880. The lowest BCUT2D eigenvalue weighted by Crippen LogP contribution is -1.93. The highest BCUT2D eigenvalue weighted by Gasteiger charge is 2.17. The normalized spacial score (nSPS) is 11.2. The second-order valence-corrected chi connectivity index (χ2v) is 10.1. The van der Waals surface area contributed by atoms with Crippen LogP contribution in [0.15, 0.2) is 146 Å². The first-order valence-corrected chi connectivity index (χ1v) is 13.4. The van der Waals surface area contributed by atoms with Gasteiger partial charge in [0.2, 0.25) is 0 Å². The van der Waals surface area contributed by atoms with E-state index >= 15 is 0 Å². The molecule has 0 atom stereocenters. The Morgan fingerprint density at radius 2 is 0.795 bits per heavy atom. The first kappa shape index (κ1) is 23.1. The van der Waals surface area contributed by atoms with Crippen molar-refractivity contribution in [1.82, 2.24) is 4.98 Å². The van der Waals surface area contributed by atoms with E-state index in [1.807, 2.05) is 6.07 Å². The Hall–Kier alpha value is -5.01. The van der Waals surface area contributed by atoms with Crippen LogP contribution in [0.5, 0.6) is 0 Å². The molecule has 0 amide bonds. The van der Waals surface area contributed by atoms with Crippen molar-refractivity contribution in [3.05, 3.63) is 151 Å². The molecule has 7 aromatic rings. The van der Waals surface area contributed by atoms with Gasteiger partial charge in [-0.05, 0) is 62.9 Å². The van der Waals surface area contributed by atoms with Crippen LogP contribution in [0.2, 0.25) is 0 Å². The predicted octanol–water partition coefficient (Wildman–Crippen LogP) is 10.4. The van der Waals surface area contributed by atoms with Crippen molar-refractivity contribution in [2.24, 2.45) is 0 Å². The van der Waals surface area contributed by atoms with Gasteiger partial charge in [-0.15, -0.1) is 0 Å². The summed E-state index contributed by atoms with van der Waals surface area (Å²) >= 11 is 0. The second kappa shape index (κ2) is 9.70. The van der Waals surface area contributed by atoms with E-state index in [9.17, 15) is 0 Å². The summed E-state index contributed by atoms with van der Waals surface area (Å²) in [5.41, 5.74) is 10.5. The molecule has 0 aliphatic rings. The summed E-state index contributed by atoms with van der Waals surface area (Å²) in [6, 6.07) is 52.0. The van der Waals surface area contributed by atoms with Gasteiger partial charge < -0.3 is 0 Å². The predicted molar refractivity (Wildman–Crippen MR) is 166 cm³/mol. The third kappa shape index (κ3) is 4.19. The number of aromatic nitrogens is 1. The van der Waals surface area contributed by atoms with Gasteiger partial charge in [-0.2, -0.15) is 0 Å². The Morgan fingerprint density at radius 1 is 0.333 bits per heavy atom. The van der Waals surface area contributed by atoms with E-state index in [2.05, 4.69) is 146 Å². The molecule has 1 nitrogen and oxygen atoms in total. The number of nitrogens with zero attached hydrogens (tertiary/aromatic N) is 1. The molecule has 0 aliphatic heterocycles. The molecular formula is C38H27N. The zero-order chi connectivity index (χ0) is 26.2. The summed E-state index contributed by atoms with van der Waals surface area (Å²) in [7, 11) is 0. The van der Waals surface area contributed by atoms with E-state index in [1.54, 1.807) is 0 Å². The number of hydrogen-bond acceptors (Lipinski definition) is 1. The van der Waals surface area contributed by atoms with Crippen LogP contribution in [0, 0.1) is 6.92 Å². The molecule has 0 saturated carbocycles. The summed E-state index contributed by atoms with van der Waals surface area (Å²) in [4.78, 5) is 5.17. The fourth-order valence-corrected chi connectivity index (χ4v) is 5.63. The fourth-order valence-electron chi connectivity index (χ4n) is 5.63. The Labute approximate surface area is 229 Å². The average Bonchev–Trinajstić information content (AvgIpc) is 3.01. The Balaban J connectivity index is 1.45. The van der Waals surface area contributed by atoms with Crippen LogP contribution in [0.25, 0.3) is 66.3 Å². The lowest BCUT2D eigenvalue weighted by atomic mass is 9.87. The number of hydrogen-bond donors (Lipinski definition) is 0. The molecule has 7 rings (SSSR count). The summed E-state index contributed by atoms with van der Waals surface area (Å²) in [5.74, 6) is 0. The van der Waals surface area contributed by atoms with E-state index in [-0.39, 0.29) is 0 Å². The van der Waals surface area contributed by atoms with Gasteiger partial charge in [0, 0.05) is 11.1 Å². The van der Waals surface area contributed by atoms with Gasteiger partial charge in [-0.3, -0.25) is 0 Å². The zero-order valence-electron chi connectivity index (χ0n) is 21.8. The molecule has 1 heterocycles. The molecule has 6 aromatic carbocycles. The minimum absolute atomic E-state index is 0.983. The molecule has 39 heavy (non-hydrogen) atoms.